The first-order chi connectivity index (χ1) is 15.2. The minimum Gasteiger partial charge on any atom is -0.369 e. The van der Waals surface area contributed by atoms with Crippen LogP contribution in [0.1, 0.15) is 57.4 Å². The topological polar surface area (TPSA) is 52.7 Å². The molecule has 3 rings (SSSR count). The fourth-order valence-electron chi connectivity index (χ4n) is 4.69. The highest BCUT2D eigenvalue weighted by atomic mass is 35.5. The summed E-state index contributed by atoms with van der Waals surface area (Å²) in [7, 11) is -3.15. The van der Waals surface area contributed by atoms with Crippen molar-refractivity contribution in [3.8, 4) is 0 Å². The lowest BCUT2D eigenvalue weighted by Gasteiger charge is -2.37. The molecule has 1 N–H and O–H groups in total. The molecule has 2 aliphatic rings. The number of rotatable bonds is 9. The number of nitrogens with zero attached hydrogens (tertiary/aromatic N) is 2. The number of sulfonamides is 1. The van der Waals surface area contributed by atoms with E-state index in [4.69, 9.17) is 0 Å². The van der Waals surface area contributed by atoms with E-state index < -0.39 is 21.8 Å². The van der Waals surface area contributed by atoms with Gasteiger partial charge in [-0.1, -0.05) is 19.4 Å². The average molecular weight is 512 g/mol. The summed E-state index contributed by atoms with van der Waals surface area (Å²) in [6.45, 7) is 6.15. The van der Waals surface area contributed by atoms with Gasteiger partial charge in [0, 0.05) is 37.9 Å². The summed E-state index contributed by atoms with van der Waals surface area (Å²) < 4.78 is 66.0. The smallest absolute Gasteiger partial charge is 0.369 e. The van der Waals surface area contributed by atoms with Gasteiger partial charge in [-0.05, 0) is 69.2 Å². The minimum absolute atomic E-state index is 0. The summed E-state index contributed by atoms with van der Waals surface area (Å²) in [6.07, 6.45) is 2.26. The fourth-order valence-corrected chi connectivity index (χ4v) is 6.22. The van der Waals surface area contributed by atoms with Crippen LogP contribution in [-0.2, 0) is 16.2 Å². The molecule has 1 heterocycles. The lowest BCUT2D eigenvalue weighted by molar-refractivity contribution is -0.137. The zero-order chi connectivity index (χ0) is 23.2. The second kappa shape index (κ2) is 12.6. The molecule has 1 aliphatic heterocycles. The van der Waals surface area contributed by atoms with Crippen LogP contribution >= 0.6 is 12.4 Å². The number of halogens is 4. The Hall–Kier alpha value is -1.03. The molecule has 1 aromatic carbocycles. The van der Waals surface area contributed by atoms with E-state index in [9.17, 15) is 21.6 Å². The van der Waals surface area contributed by atoms with Crippen molar-refractivity contribution >= 4 is 28.1 Å². The Bertz CT molecular complexity index is 822. The standard InChI is InChI=1S/C23H36F3N3O2S.ClH/c1-2-3-17-32(30,31)27-21-9-7-19(8-10-21)11-12-28-13-15-29(16-14-28)22-6-4-5-20(18-22)23(24,25)26;/h4-6,18-19,21,27H,2-3,7-17H2,1H3;1H/t19-,21-;. The minimum atomic E-state index is -4.31. The van der Waals surface area contributed by atoms with E-state index >= 15 is 0 Å². The van der Waals surface area contributed by atoms with Gasteiger partial charge in [0.05, 0.1) is 11.3 Å². The normalized spacial score (nSPS) is 22.7. The molecule has 5 nitrogen and oxygen atoms in total. The van der Waals surface area contributed by atoms with Gasteiger partial charge in [0.25, 0.3) is 0 Å². The van der Waals surface area contributed by atoms with Crippen LogP contribution in [0.4, 0.5) is 18.9 Å². The molecule has 0 amide bonds. The summed E-state index contributed by atoms with van der Waals surface area (Å²) in [5.74, 6) is 0.837. The number of unbranched alkanes of at least 4 members (excludes halogenated alkanes) is 1. The number of piperazine rings is 1. The van der Waals surface area contributed by atoms with Crippen LogP contribution in [-0.4, -0.2) is 57.8 Å². The third-order valence-electron chi connectivity index (χ3n) is 6.72. The molecular weight excluding hydrogens is 475 g/mol. The number of alkyl halides is 3. The maximum absolute atomic E-state index is 13.0. The van der Waals surface area contributed by atoms with Gasteiger partial charge in [-0.15, -0.1) is 12.4 Å². The molecule has 33 heavy (non-hydrogen) atoms. The molecule has 0 spiro atoms. The molecule has 0 atom stereocenters. The molecule has 1 aliphatic carbocycles. The van der Waals surface area contributed by atoms with Gasteiger partial charge in [0.15, 0.2) is 0 Å². The molecule has 0 unspecified atom stereocenters. The van der Waals surface area contributed by atoms with Crippen molar-refractivity contribution in [2.75, 3.05) is 43.4 Å². The largest absolute Gasteiger partial charge is 0.416 e. The van der Waals surface area contributed by atoms with Crippen LogP contribution in [0.5, 0.6) is 0 Å². The summed E-state index contributed by atoms with van der Waals surface area (Å²) in [5.41, 5.74) is 0.0415. The number of anilines is 1. The number of nitrogens with one attached hydrogen (secondary N) is 1. The third-order valence-corrected chi connectivity index (χ3v) is 8.24. The van der Waals surface area contributed by atoms with Crippen LogP contribution in [0, 0.1) is 5.92 Å². The first-order valence-corrected chi connectivity index (χ1v) is 13.5. The summed E-state index contributed by atoms with van der Waals surface area (Å²) in [6, 6.07) is 5.66. The zero-order valence-corrected chi connectivity index (χ0v) is 21.0. The zero-order valence-electron chi connectivity index (χ0n) is 19.3. The molecule has 0 aromatic heterocycles. The Morgan fingerprint density at radius 2 is 1.73 bits per heavy atom. The first-order valence-electron chi connectivity index (χ1n) is 11.8. The van der Waals surface area contributed by atoms with E-state index in [2.05, 4.69) is 9.62 Å². The van der Waals surface area contributed by atoms with E-state index in [0.717, 1.165) is 77.3 Å². The molecular formula is C23H37ClF3N3O2S. The van der Waals surface area contributed by atoms with Gasteiger partial charge in [-0.2, -0.15) is 13.2 Å². The van der Waals surface area contributed by atoms with Crippen molar-refractivity contribution < 1.29 is 21.6 Å². The van der Waals surface area contributed by atoms with Crippen LogP contribution in [0.15, 0.2) is 24.3 Å². The Morgan fingerprint density at radius 1 is 1.06 bits per heavy atom. The number of hydrogen-bond acceptors (Lipinski definition) is 4. The van der Waals surface area contributed by atoms with Crippen molar-refractivity contribution in [3.63, 3.8) is 0 Å². The van der Waals surface area contributed by atoms with E-state index in [-0.39, 0.29) is 24.2 Å². The molecule has 2 fully saturated rings. The molecule has 1 saturated heterocycles. The molecule has 0 bridgehead atoms. The van der Waals surface area contributed by atoms with E-state index in [0.29, 0.717) is 18.0 Å². The Morgan fingerprint density at radius 3 is 2.33 bits per heavy atom. The number of hydrogen-bond donors (Lipinski definition) is 1. The highest BCUT2D eigenvalue weighted by molar-refractivity contribution is 7.89. The van der Waals surface area contributed by atoms with Crippen molar-refractivity contribution in [1.29, 1.82) is 0 Å². The van der Waals surface area contributed by atoms with Crippen molar-refractivity contribution in [1.82, 2.24) is 9.62 Å². The lowest BCUT2D eigenvalue weighted by Crippen LogP contribution is -2.47. The first kappa shape index (κ1) is 28.2. The molecule has 10 heteroatoms. The van der Waals surface area contributed by atoms with Crippen LogP contribution in [0.3, 0.4) is 0 Å². The van der Waals surface area contributed by atoms with Gasteiger partial charge in [0.1, 0.15) is 0 Å². The summed E-state index contributed by atoms with van der Waals surface area (Å²) >= 11 is 0. The predicted octanol–water partition coefficient (Wildman–Crippen LogP) is 4.92. The SMILES string of the molecule is CCCCS(=O)(=O)N[C@H]1CC[C@H](CCN2CCN(c3cccc(C(F)(F)F)c3)CC2)CC1.Cl. The fraction of sp³-hybridized carbons (Fsp3) is 0.739. The Kier molecular flexibility index (Phi) is 10.8. The van der Waals surface area contributed by atoms with Crippen LogP contribution in [0.2, 0.25) is 0 Å². The van der Waals surface area contributed by atoms with Crippen molar-refractivity contribution in [2.24, 2.45) is 5.92 Å². The van der Waals surface area contributed by atoms with Crippen LogP contribution in [0.25, 0.3) is 0 Å². The van der Waals surface area contributed by atoms with E-state index in [1.165, 1.54) is 12.1 Å². The van der Waals surface area contributed by atoms with Crippen molar-refractivity contribution in [2.45, 2.75) is 64.1 Å². The third kappa shape index (κ3) is 8.92. The van der Waals surface area contributed by atoms with Gasteiger partial charge in [-0.25, -0.2) is 13.1 Å². The summed E-state index contributed by atoms with van der Waals surface area (Å²) in [4.78, 5) is 4.42. The number of benzene rings is 1. The molecule has 1 aromatic rings. The summed E-state index contributed by atoms with van der Waals surface area (Å²) in [5, 5.41) is 0. The lowest BCUT2D eigenvalue weighted by atomic mass is 9.84. The molecule has 1 saturated carbocycles. The maximum atomic E-state index is 13.0. The second-order valence-corrected chi connectivity index (χ2v) is 11.0. The van der Waals surface area contributed by atoms with Gasteiger partial charge < -0.3 is 4.90 Å². The van der Waals surface area contributed by atoms with Crippen LogP contribution < -0.4 is 9.62 Å². The van der Waals surface area contributed by atoms with Gasteiger partial charge >= 0.3 is 6.18 Å². The van der Waals surface area contributed by atoms with Gasteiger partial charge in [-0.3, -0.25) is 4.90 Å². The quantitative estimate of drug-likeness (QED) is 0.511. The predicted molar refractivity (Wildman–Crippen MR) is 130 cm³/mol. The Balaban J connectivity index is 0.00000385. The van der Waals surface area contributed by atoms with E-state index in [1.54, 1.807) is 6.07 Å². The molecule has 190 valence electrons. The van der Waals surface area contributed by atoms with Gasteiger partial charge in [0.2, 0.25) is 10.0 Å². The highest BCUT2D eigenvalue weighted by Gasteiger charge is 2.31. The molecule has 0 radical (unpaired) electrons. The monoisotopic (exact) mass is 511 g/mol. The van der Waals surface area contributed by atoms with E-state index in [1.807, 2.05) is 11.8 Å². The maximum Gasteiger partial charge on any atom is 0.416 e. The average Bonchev–Trinajstić information content (AvgIpc) is 2.77. The van der Waals surface area contributed by atoms with Crippen molar-refractivity contribution in [3.05, 3.63) is 29.8 Å². The Labute approximate surface area is 202 Å². The second-order valence-electron chi connectivity index (χ2n) is 9.17. The highest BCUT2D eigenvalue weighted by Crippen LogP contribution is 2.32.